The van der Waals surface area contributed by atoms with Crippen molar-refractivity contribution in [3.05, 3.63) is 51.9 Å². The smallest absolute Gasteiger partial charge is 0.341 e. The number of aliphatic carboxylic acids is 1. The average Bonchev–Trinajstić information content (AvgIpc) is 3.40. The second-order valence-electron chi connectivity index (χ2n) is 8.37. The number of rotatable bonds is 5. The first-order valence-corrected chi connectivity index (χ1v) is 11.1. The normalized spacial score (nSPS) is 23.7. The zero-order chi connectivity index (χ0) is 22.4. The zero-order valence-electron chi connectivity index (χ0n) is 17.9. The minimum Gasteiger partial charge on any atom is -0.481 e. The van der Waals surface area contributed by atoms with Crippen molar-refractivity contribution in [2.24, 2.45) is 23.7 Å². The molecule has 2 aromatic rings. The van der Waals surface area contributed by atoms with E-state index in [0.29, 0.717) is 17.0 Å². The average molecular weight is 440 g/mol. The zero-order valence-corrected chi connectivity index (χ0v) is 18.7. The SMILES string of the molecule is COC(=O)c1c(NC(=O)C2C3C=CC(C3)C2C(=O)O)sc(C)c1-c1ccc(C)cc1C. The monoisotopic (exact) mass is 439 g/mol. The maximum absolute atomic E-state index is 13.2. The van der Waals surface area contributed by atoms with Crippen LogP contribution in [0, 0.1) is 44.4 Å². The van der Waals surface area contributed by atoms with Gasteiger partial charge in [0.1, 0.15) is 10.6 Å². The number of esters is 1. The van der Waals surface area contributed by atoms with E-state index in [0.717, 1.165) is 27.1 Å². The molecule has 7 heteroatoms. The van der Waals surface area contributed by atoms with Crippen LogP contribution in [0.4, 0.5) is 5.00 Å². The second-order valence-corrected chi connectivity index (χ2v) is 9.60. The summed E-state index contributed by atoms with van der Waals surface area (Å²) in [4.78, 5) is 38.6. The summed E-state index contributed by atoms with van der Waals surface area (Å²) in [6, 6.07) is 6.00. The molecule has 31 heavy (non-hydrogen) atoms. The van der Waals surface area contributed by atoms with Crippen LogP contribution in [0.15, 0.2) is 30.4 Å². The van der Waals surface area contributed by atoms with Gasteiger partial charge in [0.15, 0.2) is 0 Å². The highest BCUT2D eigenvalue weighted by atomic mass is 32.1. The minimum absolute atomic E-state index is 0.0902. The molecule has 4 rings (SSSR count). The Morgan fingerprint density at radius 2 is 1.77 bits per heavy atom. The molecule has 2 N–H and O–H groups in total. The number of allylic oxidation sites excluding steroid dienone is 2. The van der Waals surface area contributed by atoms with E-state index >= 15 is 0 Å². The van der Waals surface area contributed by atoms with E-state index in [1.807, 2.05) is 51.1 Å². The molecule has 2 aliphatic carbocycles. The van der Waals surface area contributed by atoms with Crippen molar-refractivity contribution in [1.82, 2.24) is 0 Å². The fourth-order valence-electron chi connectivity index (χ4n) is 5.06. The first kappa shape index (κ1) is 21.3. The Balaban J connectivity index is 1.74. The van der Waals surface area contributed by atoms with Crippen molar-refractivity contribution in [3.63, 3.8) is 0 Å². The molecule has 2 bridgehead atoms. The van der Waals surface area contributed by atoms with Gasteiger partial charge in [0.2, 0.25) is 5.91 Å². The molecule has 1 heterocycles. The number of aryl methyl sites for hydroxylation is 3. The van der Waals surface area contributed by atoms with Crippen molar-refractivity contribution >= 4 is 34.2 Å². The van der Waals surface area contributed by atoms with E-state index in [4.69, 9.17) is 4.74 Å². The number of hydrogen-bond acceptors (Lipinski definition) is 5. The molecule has 4 unspecified atom stereocenters. The Kier molecular flexibility index (Phi) is 5.47. The molecule has 2 aliphatic rings. The molecule has 1 aromatic carbocycles. The third-order valence-electron chi connectivity index (χ3n) is 6.41. The number of methoxy groups -OCH3 is 1. The first-order chi connectivity index (χ1) is 14.7. The van der Waals surface area contributed by atoms with E-state index in [2.05, 4.69) is 5.32 Å². The summed E-state index contributed by atoms with van der Waals surface area (Å²) in [5, 5.41) is 12.9. The number of carboxylic acid groups (broad SMARTS) is 1. The van der Waals surface area contributed by atoms with E-state index in [9.17, 15) is 19.5 Å². The van der Waals surface area contributed by atoms with Crippen molar-refractivity contribution < 1.29 is 24.2 Å². The van der Waals surface area contributed by atoms with Crippen LogP contribution in [0.1, 0.15) is 32.8 Å². The minimum atomic E-state index is -0.955. The van der Waals surface area contributed by atoms with Crippen LogP contribution in [0.5, 0.6) is 0 Å². The van der Waals surface area contributed by atoms with Crippen molar-refractivity contribution in [3.8, 4) is 11.1 Å². The summed E-state index contributed by atoms with van der Waals surface area (Å²) in [6.07, 6.45) is 4.52. The number of benzene rings is 1. The van der Waals surface area contributed by atoms with Gasteiger partial charge in [-0.3, -0.25) is 9.59 Å². The number of fused-ring (bicyclic) bond motifs is 2. The van der Waals surface area contributed by atoms with E-state index < -0.39 is 23.8 Å². The number of carboxylic acids is 1. The van der Waals surface area contributed by atoms with Crippen molar-refractivity contribution in [1.29, 1.82) is 0 Å². The maximum atomic E-state index is 13.2. The number of carbonyl (C=O) groups excluding carboxylic acids is 2. The highest BCUT2D eigenvalue weighted by Crippen LogP contribution is 2.49. The lowest BCUT2D eigenvalue weighted by atomic mass is 9.82. The summed E-state index contributed by atoms with van der Waals surface area (Å²) in [6.45, 7) is 5.90. The number of amides is 1. The van der Waals surface area contributed by atoms with Gasteiger partial charge in [-0.05, 0) is 50.2 Å². The molecule has 1 aromatic heterocycles. The molecule has 4 atom stereocenters. The largest absolute Gasteiger partial charge is 0.481 e. The predicted molar refractivity (Wildman–Crippen MR) is 119 cm³/mol. The fraction of sp³-hybridized carbons (Fsp3) is 0.375. The molecule has 0 radical (unpaired) electrons. The lowest BCUT2D eigenvalue weighted by Gasteiger charge is -2.23. The van der Waals surface area contributed by atoms with Gasteiger partial charge in [0, 0.05) is 10.4 Å². The molecule has 0 aliphatic heterocycles. The Bertz CT molecular complexity index is 1120. The van der Waals surface area contributed by atoms with Gasteiger partial charge in [0.25, 0.3) is 0 Å². The number of anilines is 1. The lowest BCUT2D eigenvalue weighted by Crippen LogP contribution is -2.36. The quantitative estimate of drug-likeness (QED) is 0.525. The molecule has 6 nitrogen and oxygen atoms in total. The number of carbonyl (C=O) groups is 3. The number of thiophene rings is 1. The van der Waals surface area contributed by atoms with Gasteiger partial charge in [0.05, 0.1) is 18.9 Å². The maximum Gasteiger partial charge on any atom is 0.341 e. The molecule has 0 spiro atoms. The van der Waals surface area contributed by atoms with Crippen LogP contribution in [-0.2, 0) is 14.3 Å². The fourth-order valence-corrected chi connectivity index (χ4v) is 6.12. The van der Waals surface area contributed by atoms with E-state index in [-0.39, 0.29) is 17.7 Å². The Hall–Kier alpha value is -2.93. The van der Waals surface area contributed by atoms with Gasteiger partial charge in [-0.2, -0.15) is 0 Å². The highest BCUT2D eigenvalue weighted by Gasteiger charge is 2.51. The topological polar surface area (TPSA) is 92.7 Å². The Labute approximate surface area is 184 Å². The van der Waals surface area contributed by atoms with E-state index in [1.54, 1.807) is 0 Å². The summed E-state index contributed by atoms with van der Waals surface area (Å²) in [7, 11) is 1.31. The van der Waals surface area contributed by atoms with Gasteiger partial charge >= 0.3 is 11.9 Å². The summed E-state index contributed by atoms with van der Waals surface area (Å²) < 4.78 is 5.04. The molecular formula is C24H25NO5S. The van der Waals surface area contributed by atoms with Crippen LogP contribution in [0.3, 0.4) is 0 Å². The highest BCUT2D eigenvalue weighted by molar-refractivity contribution is 7.17. The molecule has 1 amide bonds. The number of ether oxygens (including phenoxy) is 1. The van der Waals surface area contributed by atoms with Gasteiger partial charge in [-0.1, -0.05) is 35.9 Å². The number of hydrogen-bond donors (Lipinski definition) is 2. The molecular weight excluding hydrogens is 414 g/mol. The third kappa shape index (κ3) is 3.57. The van der Waals surface area contributed by atoms with Gasteiger partial charge in [-0.15, -0.1) is 11.3 Å². The van der Waals surface area contributed by atoms with Crippen LogP contribution >= 0.6 is 11.3 Å². The first-order valence-electron chi connectivity index (χ1n) is 10.2. The van der Waals surface area contributed by atoms with E-state index in [1.165, 1.54) is 18.4 Å². The van der Waals surface area contributed by atoms with Crippen LogP contribution < -0.4 is 5.32 Å². The number of nitrogens with one attached hydrogen (secondary N) is 1. The molecule has 0 saturated heterocycles. The lowest BCUT2D eigenvalue weighted by molar-refractivity contribution is -0.146. The van der Waals surface area contributed by atoms with Crippen LogP contribution in [-0.4, -0.2) is 30.1 Å². The summed E-state index contributed by atoms with van der Waals surface area (Å²) in [5.41, 5.74) is 4.11. The molecule has 1 saturated carbocycles. The summed E-state index contributed by atoms with van der Waals surface area (Å²) in [5.74, 6) is -3.44. The predicted octanol–water partition coefficient (Wildman–Crippen LogP) is 4.59. The van der Waals surface area contributed by atoms with Crippen molar-refractivity contribution in [2.45, 2.75) is 27.2 Å². The summed E-state index contributed by atoms with van der Waals surface area (Å²) >= 11 is 1.31. The molecule has 162 valence electrons. The third-order valence-corrected chi connectivity index (χ3v) is 7.43. The van der Waals surface area contributed by atoms with Gasteiger partial charge < -0.3 is 15.2 Å². The second kappa shape index (κ2) is 7.96. The Morgan fingerprint density at radius 1 is 1.10 bits per heavy atom. The standard InChI is InChI=1S/C24H25NO5S/c1-11-5-8-16(12(2)9-11)17-13(3)31-22(20(17)24(29)30-4)25-21(26)18-14-6-7-15(10-14)19(18)23(27)28/h5-9,14-15,18-19H,10H2,1-4H3,(H,25,26)(H,27,28). The van der Waals surface area contributed by atoms with Crippen molar-refractivity contribution in [2.75, 3.05) is 12.4 Å². The van der Waals surface area contributed by atoms with Crippen LogP contribution in [0.2, 0.25) is 0 Å². The van der Waals surface area contributed by atoms with Crippen LogP contribution in [0.25, 0.3) is 11.1 Å². The van der Waals surface area contributed by atoms with Gasteiger partial charge in [-0.25, -0.2) is 4.79 Å². The molecule has 1 fully saturated rings. The Morgan fingerprint density at radius 3 is 2.39 bits per heavy atom.